The molecule has 1 aliphatic heterocycles. The van der Waals surface area contributed by atoms with Gasteiger partial charge in [-0.15, -0.1) is 0 Å². The largest absolute Gasteiger partial charge is 0.337 e. The molecular weight excluding hydrogens is 236 g/mol. The van der Waals surface area contributed by atoms with Crippen LogP contribution >= 0.6 is 0 Å². The molecule has 19 heavy (non-hydrogen) atoms. The Labute approximate surface area is 115 Å². The van der Waals surface area contributed by atoms with Crippen LogP contribution < -0.4 is 5.73 Å². The van der Waals surface area contributed by atoms with Crippen LogP contribution in [0.3, 0.4) is 0 Å². The monoisotopic (exact) mass is 260 g/mol. The summed E-state index contributed by atoms with van der Waals surface area (Å²) in [6, 6.07) is 8.03. The van der Waals surface area contributed by atoms with E-state index in [-0.39, 0.29) is 17.9 Å². The molecule has 1 amide bonds. The van der Waals surface area contributed by atoms with E-state index < -0.39 is 0 Å². The van der Waals surface area contributed by atoms with Crippen LogP contribution in [0.5, 0.6) is 0 Å². The topological polar surface area (TPSA) is 46.3 Å². The molecule has 0 aromatic heterocycles. The van der Waals surface area contributed by atoms with E-state index >= 15 is 0 Å². The van der Waals surface area contributed by atoms with Crippen LogP contribution in [0.2, 0.25) is 0 Å². The summed E-state index contributed by atoms with van der Waals surface area (Å²) in [7, 11) is 0. The predicted molar refractivity (Wildman–Crippen MR) is 77.6 cm³/mol. The molecule has 0 saturated heterocycles. The zero-order chi connectivity index (χ0) is 13.8. The summed E-state index contributed by atoms with van der Waals surface area (Å²) in [6.45, 7) is 5.65. The van der Waals surface area contributed by atoms with Gasteiger partial charge in [0.25, 0.3) is 0 Å². The van der Waals surface area contributed by atoms with E-state index in [0.29, 0.717) is 6.54 Å². The van der Waals surface area contributed by atoms with Crippen molar-refractivity contribution in [3.63, 3.8) is 0 Å². The lowest BCUT2D eigenvalue weighted by molar-refractivity contribution is -0.134. The Morgan fingerprint density at radius 1 is 1.37 bits per heavy atom. The summed E-state index contributed by atoms with van der Waals surface area (Å²) in [5.41, 5.74) is 8.72. The number of aryl methyl sites for hydroxylation is 1. The van der Waals surface area contributed by atoms with E-state index in [1.165, 1.54) is 11.1 Å². The fraction of sp³-hybridized carbons (Fsp3) is 0.562. The maximum absolute atomic E-state index is 12.5. The fourth-order valence-electron chi connectivity index (χ4n) is 2.60. The lowest BCUT2D eigenvalue weighted by Crippen LogP contribution is -2.46. The van der Waals surface area contributed by atoms with E-state index in [2.05, 4.69) is 25.1 Å². The summed E-state index contributed by atoms with van der Waals surface area (Å²) in [5, 5.41) is 0. The molecule has 1 aromatic rings. The van der Waals surface area contributed by atoms with Crippen molar-refractivity contribution >= 4 is 5.91 Å². The zero-order valence-corrected chi connectivity index (χ0v) is 11.9. The Bertz CT molecular complexity index is 444. The average molecular weight is 260 g/mol. The number of carbonyl (C=O) groups excluding carboxylic acids is 1. The first-order chi connectivity index (χ1) is 9.13. The molecule has 0 aliphatic carbocycles. The Kier molecular flexibility index (Phi) is 4.59. The summed E-state index contributed by atoms with van der Waals surface area (Å²) < 4.78 is 0. The van der Waals surface area contributed by atoms with E-state index in [9.17, 15) is 4.79 Å². The second-order valence-electron chi connectivity index (χ2n) is 5.54. The third-order valence-corrected chi connectivity index (χ3v) is 4.21. The van der Waals surface area contributed by atoms with Crippen molar-refractivity contribution in [2.75, 3.05) is 6.54 Å². The summed E-state index contributed by atoms with van der Waals surface area (Å²) in [5.74, 6) is 0.344. The van der Waals surface area contributed by atoms with Crippen molar-refractivity contribution in [1.82, 2.24) is 4.90 Å². The Morgan fingerprint density at radius 3 is 2.74 bits per heavy atom. The molecule has 1 aromatic carbocycles. The van der Waals surface area contributed by atoms with Crippen molar-refractivity contribution < 1.29 is 4.79 Å². The minimum atomic E-state index is -0.365. The van der Waals surface area contributed by atoms with Gasteiger partial charge in [0.15, 0.2) is 0 Å². The molecule has 3 nitrogen and oxygen atoms in total. The second kappa shape index (κ2) is 6.20. The summed E-state index contributed by atoms with van der Waals surface area (Å²) >= 11 is 0. The number of nitrogens with zero attached hydrogens (tertiary/aromatic N) is 1. The molecule has 3 heteroatoms. The van der Waals surface area contributed by atoms with Gasteiger partial charge in [-0.3, -0.25) is 4.79 Å². The van der Waals surface area contributed by atoms with Crippen molar-refractivity contribution in [2.45, 2.75) is 45.7 Å². The van der Waals surface area contributed by atoms with Crippen molar-refractivity contribution in [2.24, 2.45) is 11.7 Å². The Balaban J connectivity index is 2.12. The number of amides is 1. The van der Waals surface area contributed by atoms with Crippen LogP contribution in [0.25, 0.3) is 0 Å². The standard InChI is InChI=1S/C16H24N2O/c1-3-12(2)15(17)16(19)18-10-6-9-13-7-4-5-8-14(13)11-18/h4-5,7-8,12,15H,3,6,9-11,17H2,1-2H3/t12?,15-/m0/s1. The molecule has 1 unspecified atom stereocenters. The molecule has 0 bridgehead atoms. The number of benzene rings is 1. The number of nitrogens with two attached hydrogens (primary N) is 1. The average Bonchev–Trinajstić information content (AvgIpc) is 2.66. The highest BCUT2D eigenvalue weighted by Crippen LogP contribution is 2.20. The Morgan fingerprint density at radius 2 is 2.05 bits per heavy atom. The molecular formula is C16H24N2O. The molecule has 0 spiro atoms. The molecule has 1 aliphatic rings. The first-order valence-corrected chi connectivity index (χ1v) is 7.24. The second-order valence-corrected chi connectivity index (χ2v) is 5.54. The van der Waals surface area contributed by atoms with Gasteiger partial charge in [-0.2, -0.15) is 0 Å². The first-order valence-electron chi connectivity index (χ1n) is 7.24. The smallest absolute Gasteiger partial charge is 0.240 e. The van der Waals surface area contributed by atoms with E-state index in [4.69, 9.17) is 5.73 Å². The van der Waals surface area contributed by atoms with Gasteiger partial charge in [-0.1, -0.05) is 44.5 Å². The predicted octanol–water partition coefficient (Wildman–Crippen LogP) is 2.33. The van der Waals surface area contributed by atoms with Gasteiger partial charge in [0, 0.05) is 13.1 Å². The highest BCUT2D eigenvalue weighted by molar-refractivity contribution is 5.82. The number of hydrogen-bond acceptors (Lipinski definition) is 2. The van der Waals surface area contributed by atoms with Crippen molar-refractivity contribution in [1.29, 1.82) is 0 Å². The lowest BCUT2D eigenvalue weighted by Gasteiger charge is -2.27. The molecule has 104 valence electrons. The van der Waals surface area contributed by atoms with Crippen LogP contribution in [0.4, 0.5) is 0 Å². The quantitative estimate of drug-likeness (QED) is 0.906. The molecule has 0 fully saturated rings. The molecule has 2 rings (SSSR count). The third kappa shape index (κ3) is 3.16. The van der Waals surface area contributed by atoms with E-state index in [1.807, 2.05) is 17.9 Å². The third-order valence-electron chi connectivity index (χ3n) is 4.21. The van der Waals surface area contributed by atoms with Gasteiger partial charge >= 0.3 is 0 Å². The number of carbonyl (C=O) groups is 1. The van der Waals surface area contributed by atoms with Gasteiger partial charge in [-0.25, -0.2) is 0 Å². The van der Waals surface area contributed by atoms with Gasteiger partial charge in [0.1, 0.15) is 0 Å². The highest BCUT2D eigenvalue weighted by Gasteiger charge is 2.26. The molecule has 0 radical (unpaired) electrons. The van der Waals surface area contributed by atoms with Crippen LogP contribution in [0.1, 0.15) is 37.8 Å². The SMILES string of the molecule is CCC(C)[C@H](N)C(=O)N1CCCc2ccccc2C1. The first kappa shape index (κ1) is 14.1. The van der Waals surface area contributed by atoms with Crippen molar-refractivity contribution in [3.8, 4) is 0 Å². The maximum atomic E-state index is 12.5. The fourth-order valence-corrected chi connectivity index (χ4v) is 2.60. The minimum Gasteiger partial charge on any atom is -0.337 e. The van der Waals surface area contributed by atoms with Crippen molar-refractivity contribution in [3.05, 3.63) is 35.4 Å². The lowest BCUT2D eigenvalue weighted by atomic mass is 9.98. The molecule has 2 atom stereocenters. The number of hydrogen-bond donors (Lipinski definition) is 1. The zero-order valence-electron chi connectivity index (χ0n) is 11.9. The van der Waals surface area contributed by atoms with Crippen LogP contribution in [-0.2, 0) is 17.8 Å². The summed E-state index contributed by atoms with van der Waals surface area (Å²) in [6.07, 6.45) is 3.02. The molecule has 2 N–H and O–H groups in total. The summed E-state index contributed by atoms with van der Waals surface area (Å²) in [4.78, 5) is 14.4. The minimum absolute atomic E-state index is 0.103. The van der Waals surface area contributed by atoms with E-state index in [0.717, 1.165) is 25.8 Å². The van der Waals surface area contributed by atoms with Gasteiger partial charge in [0.05, 0.1) is 6.04 Å². The van der Waals surface area contributed by atoms with Crippen LogP contribution in [-0.4, -0.2) is 23.4 Å². The Hall–Kier alpha value is -1.35. The van der Waals surface area contributed by atoms with Crippen LogP contribution in [0.15, 0.2) is 24.3 Å². The normalized spacial score (nSPS) is 18.4. The number of rotatable bonds is 3. The van der Waals surface area contributed by atoms with Gasteiger partial charge in [0.2, 0.25) is 5.91 Å². The van der Waals surface area contributed by atoms with E-state index in [1.54, 1.807) is 0 Å². The molecule has 0 saturated carbocycles. The van der Waals surface area contributed by atoms with Gasteiger partial charge < -0.3 is 10.6 Å². The maximum Gasteiger partial charge on any atom is 0.240 e. The molecule has 1 heterocycles. The number of fused-ring (bicyclic) bond motifs is 1. The van der Waals surface area contributed by atoms with Gasteiger partial charge in [-0.05, 0) is 29.9 Å². The van der Waals surface area contributed by atoms with Crippen LogP contribution in [0, 0.1) is 5.92 Å². The highest BCUT2D eigenvalue weighted by atomic mass is 16.2.